The van der Waals surface area contributed by atoms with Crippen molar-refractivity contribution in [3.05, 3.63) is 58.4 Å². The fourth-order valence-electron chi connectivity index (χ4n) is 3.74. The van der Waals surface area contributed by atoms with Gasteiger partial charge in [0.25, 0.3) is 5.56 Å². The van der Waals surface area contributed by atoms with E-state index in [9.17, 15) is 4.79 Å². The molecule has 0 amide bonds. The Morgan fingerprint density at radius 2 is 2.00 bits per heavy atom. The highest BCUT2D eigenvalue weighted by Gasteiger charge is 2.29. The van der Waals surface area contributed by atoms with E-state index in [0.717, 1.165) is 36.4 Å². The minimum atomic E-state index is -0.121. The molecule has 0 radical (unpaired) electrons. The summed E-state index contributed by atoms with van der Waals surface area (Å²) in [6, 6.07) is 13.2. The molecule has 0 unspecified atom stereocenters. The second-order valence-corrected chi connectivity index (χ2v) is 6.63. The van der Waals surface area contributed by atoms with Gasteiger partial charge in [-0.2, -0.15) is 4.68 Å². The van der Waals surface area contributed by atoms with Crippen LogP contribution in [0.1, 0.15) is 24.4 Å². The summed E-state index contributed by atoms with van der Waals surface area (Å²) in [6.45, 7) is 1.27. The molecule has 2 aromatic carbocycles. The molecular weight excluding hydrogens is 344 g/mol. The van der Waals surface area contributed by atoms with Gasteiger partial charge in [0.05, 0.1) is 26.3 Å². The second-order valence-electron chi connectivity index (χ2n) is 6.63. The number of benzene rings is 2. The van der Waals surface area contributed by atoms with Gasteiger partial charge in [0.2, 0.25) is 0 Å². The summed E-state index contributed by atoms with van der Waals surface area (Å²) in [7, 11) is 3.33. The Kier molecular flexibility index (Phi) is 4.77. The fraction of sp³-hybridized carbons (Fsp3) is 0.350. The van der Waals surface area contributed by atoms with E-state index >= 15 is 0 Å². The van der Waals surface area contributed by atoms with Gasteiger partial charge in [0, 0.05) is 18.2 Å². The molecule has 7 nitrogen and oxygen atoms in total. The third kappa shape index (κ3) is 3.26. The van der Waals surface area contributed by atoms with E-state index in [4.69, 9.17) is 9.47 Å². The SMILES string of the molecule is COc1ccc(OC)c([C@H]2CCCN2Cn2nnc3ccccc3c2=O)c1. The van der Waals surface area contributed by atoms with E-state index in [1.54, 1.807) is 26.4 Å². The summed E-state index contributed by atoms with van der Waals surface area (Å²) in [6.07, 6.45) is 2.03. The van der Waals surface area contributed by atoms with E-state index in [-0.39, 0.29) is 11.6 Å². The summed E-state index contributed by atoms with van der Waals surface area (Å²) in [5, 5.41) is 8.90. The third-order valence-corrected chi connectivity index (χ3v) is 5.10. The van der Waals surface area contributed by atoms with E-state index in [1.165, 1.54) is 4.68 Å². The van der Waals surface area contributed by atoms with Crippen molar-refractivity contribution in [2.24, 2.45) is 0 Å². The minimum absolute atomic E-state index is 0.121. The lowest BCUT2D eigenvalue weighted by Gasteiger charge is -2.26. The molecule has 1 fully saturated rings. The molecule has 7 heteroatoms. The smallest absolute Gasteiger partial charge is 0.278 e. The number of nitrogens with zero attached hydrogens (tertiary/aromatic N) is 4. The van der Waals surface area contributed by atoms with Gasteiger partial charge < -0.3 is 9.47 Å². The number of ether oxygens (including phenoxy) is 2. The van der Waals surface area contributed by atoms with Crippen molar-refractivity contribution in [3.8, 4) is 11.5 Å². The van der Waals surface area contributed by atoms with E-state index in [1.807, 2.05) is 30.3 Å². The zero-order valence-corrected chi connectivity index (χ0v) is 15.5. The number of fused-ring (bicyclic) bond motifs is 1. The first kappa shape index (κ1) is 17.5. The predicted octanol–water partition coefficient (Wildman–Crippen LogP) is 2.60. The van der Waals surface area contributed by atoms with Crippen LogP contribution in [-0.4, -0.2) is 40.7 Å². The lowest BCUT2D eigenvalue weighted by Crippen LogP contribution is -2.34. The minimum Gasteiger partial charge on any atom is -0.497 e. The number of methoxy groups -OCH3 is 2. The van der Waals surface area contributed by atoms with Crippen LogP contribution in [0.25, 0.3) is 10.9 Å². The molecular formula is C20H22N4O3. The number of rotatable bonds is 5. The molecule has 1 aliphatic rings. The van der Waals surface area contributed by atoms with Gasteiger partial charge in [0.15, 0.2) is 0 Å². The molecule has 1 aromatic heterocycles. The summed E-state index contributed by atoms with van der Waals surface area (Å²) in [4.78, 5) is 15.0. The van der Waals surface area contributed by atoms with Crippen molar-refractivity contribution in [1.29, 1.82) is 0 Å². The Bertz CT molecular complexity index is 1020. The molecule has 1 atom stereocenters. The topological polar surface area (TPSA) is 69.5 Å². The summed E-state index contributed by atoms with van der Waals surface area (Å²) in [5.41, 5.74) is 1.56. The highest BCUT2D eigenvalue weighted by atomic mass is 16.5. The molecule has 1 aliphatic heterocycles. The molecule has 0 aliphatic carbocycles. The Labute approximate surface area is 157 Å². The van der Waals surface area contributed by atoms with Crippen LogP contribution < -0.4 is 15.0 Å². The van der Waals surface area contributed by atoms with Gasteiger partial charge in [-0.3, -0.25) is 9.69 Å². The van der Waals surface area contributed by atoms with Gasteiger partial charge in [-0.05, 0) is 43.2 Å². The Balaban J connectivity index is 1.67. The first-order valence-corrected chi connectivity index (χ1v) is 9.00. The van der Waals surface area contributed by atoms with Crippen LogP contribution in [0.4, 0.5) is 0 Å². The van der Waals surface area contributed by atoms with Crippen LogP contribution in [0.15, 0.2) is 47.3 Å². The lowest BCUT2D eigenvalue weighted by atomic mass is 10.0. The van der Waals surface area contributed by atoms with Crippen molar-refractivity contribution < 1.29 is 9.47 Å². The number of hydrogen-bond acceptors (Lipinski definition) is 6. The van der Waals surface area contributed by atoms with Crippen LogP contribution >= 0.6 is 0 Å². The Morgan fingerprint density at radius 1 is 1.15 bits per heavy atom. The van der Waals surface area contributed by atoms with Crippen LogP contribution in [0.2, 0.25) is 0 Å². The average molecular weight is 366 g/mol. The maximum atomic E-state index is 12.8. The first-order valence-electron chi connectivity index (χ1n) is 9.00. The van der Waals surface area contributed by atoms with Crippen LogP contribution in [-0.2, 0) is 6.67 Å². The second kappa shape index (κ2) is 7.36. The molecule has 27 heavy (non-hydrogen) atoms. The van der Waals surface area contributed by atoms with E-state index in [0.29, 0.717) is 17.6 Å². The summed E-state index contributed by atoms with van der Waals surface area (Å²) >= 11 is 0. The maximum absolute atomic E-state index is 12.8. The molecule has 3 aromatic rings. The molecule has 2 heterocycles. The normalized spacial score (nSPS) is 17.3. The van der Waals surface area contributed by atoms with Gasteiger partial charge in [-0.1, -0.05) is 17.3 Å². The molecule has 0 N–H and O–H groups in total. The van der Waals surface area contributed by atoms with Crippen molar-refractivity contribution in [3.63, 3.8) is 0 Å². The highest BCUT2D eigenvalue weighted by molar-refractivity contribution is 5.76. The molecule has 4 rings (SSSR count). The fourth-order valence-corrected chi connectivity index (χ4v) is 3.74. The monoisotopic (exact) mass is 366 g/mol. The molecule has 0 bridgehead atoms. The number of likely N-dealkylation sites (tertiary alicyclic amines) is 1. The van der Waals surface area contributed by atoms with Crippen LogP contribution in [0.5, 0.6) is 11.5 Å². The van der Waals surface area contributed by atoms with Gasteiger partial charge in [0.1, 0.15) is 17.0 Å². The largest absolute Gasteiger partial charge is 0.497 e. The highest BCUT2D eigenvalue weighted by Crippen LogP contribution is 2.38. The lowest BCUT2D eigenvalue weighted by molar-refractivity contribution is 0.181. The zero-order valence-electron chi connectivity index (χ0n) is 15.5. The standard InChI is InChI=1S/C20H22N4O3/c1-26-14-9-10-19(27-2)16(12-14)18-8-5-11-23(18)13-24-20(25)15-6-3-4-7-17(15)21-22-24/h3-4,6-7,9-10,12,18H,5,8,11,13H2,1-2H3/t18-/m1/s1. The predicted molar refractivity (Wildman–Crippen MR) is 102 cm³/mol. The van der Waals surface area contributed by atoms with E-state index < -0.39 is 0 Å². The first-order chi connectivity index (χ1) is 13.2. The maximum Gasteiger partial charge on any atom is 0.278 e. The summed E-state index contributed by atoms with van der Waals surface area (Å²) in [5.74, 6) is 1.62. The van der Waals surface area contributed by atoms with Crippen molar-refractivity contribution >= 4 is 10.9 Å². The van der Waals surface area contributed by atoms with Crippen molar-refractivity contribution in [2.45, 2.75) is 25.6 Å². The third-order valence-electron chi connectivity index (χ3n) is 5.10. The van der Waals surface area contributed by atoms with Crippen molar-refractivity contribution in [1.82, 2.24) is 19.9 Å². The molecule has 0 saturated carbocycles. The van der Waals surface area contributed by atoms with E-state index in [2.05, 4.69) is 15.2 Å². The van der Waals surface area contributed by atoms with Gasteiger partial charge in [-0.25, -0.2) is 0 Å². The van der Waals surface area contributed by atoms with Crippen LogP contribution in [0.3, 0.4) is 0 Å². The summed E-state index contributed by atoms with van der Waals surface area (Å²) < 4.78 is 12.4. The Hall–Kier alpha value is -2.93. The zero-order chi connectivity index (χ0) is 18.8. The number of hydrogen-bond donors (Lipinski definition) is 0. The average Bonchev–Trinajstić information content (AvgIpc) is 3.17. The van der Waals surface area contributed by atoms with Crippen LogP contribution in [0, 0.1) is 0 Å². The van der Waals surface area contributed by atoms with Gasteiger partial charge in [-0.15, -0.1) is 5.10 Å². The Morgan fingerprint density at radius 3 is 2.81 bits per heavy atom. The quantitative estimate of drug-likeness (QED) is 0.691. The number of aromatic nitrogens is 3. The molecule has 0 spiro atoms. The van der Waals surface area contributed by atoms with Gasteiger partial charge >= 0.3 is 0 Å². The molecule has 1 saturated heterocycles. The molecule has 140 valence electrons. The van der Waals surface area contributed by atoms with Crippen molar-refractivity contribution in [2.75, 3.05) is 20.8 Å².